The minimum absolute atomic E-state index is 0.696. The van der Waals surface area contributed by atoms with Crippen LogP contribution in [0.5, 0.6) is 0 Å². The molecule has 1 aliphatic carbocycles. The molecule has 0 saturated heterocycles. The van der Waals surface area contributed by atoms with Crippen LogP contribution in [0.15, 0.2) is 36.9 Å². The molecule has 1 saturated carbocycles. The summed E-state index contributed by atoms with van der Waals surface area (Å²) in [6, 6.07) is 9.04. The summed E-state index contributed by atoms with van der Waals surface area (Å²) in [5.74, 6) is 1.42. The van der Waals surface area contributed by atoms with Crippen LogP contribution < -0.4 is 0 Å². The van der Waals surface area contributed by atoms with Gasteiger partial charge in [0.05, 0.1) is 0 Å². The number of allylic oxidation sites excluding steroid dienone is 1. The smallest absolute Gasteiger partial charge is 0.00991 e. The maximum Gasteiger partial charge on any atom is -0.00991 e. The van der Waals surface area contributed by atoms with Crippen LogP contribution in [0.25, 0.3) is 0 Å². The summed E-state index contributed by atoms with van der Waals surface area (Å²) in [5, 5.41) is 0. The third-order valence-electron chi connectivity index (χ3n) is 3.63. The van der Waals surface area contributed by atoms with Gasteiger partial charge in [-0.15, -0.1) is 6.58 Å². The predicted molar refractivity (Wildman–Crippen MR) is 66.1 cm³/mol. The lowest BCUT2D eigenvalue weighted by Crippen LogP contribution is -2.15. The van der Waals surface area contributed by atoms with E-state index >= 15 is 0 Å². The second-order valence-corrected chi connectivity index (χ2v) is 4.70. The molecule has 0 heteroatoms. The van der Waals surface area contributed by atoms with Gasteiger partial charge in [0.1, 0.15) is 0 Å². The first-order valence-corrected chi connectivity index (χ1v) is 6.00. The van der Waals surface area contributed by atoms with Gasteiger partial charge in [-0.1, -0.05) is 48.7 Å². The fourth-order valence-corrected chi connectivity index (χ4v) is 2.67. The zero-order valence-corrected chi connectivity index (χ0v) is 9.58. The number of hydrogen-bond donors (Lipinski definition) is 0. The lowest BCUT2D eigenvalue weighted by atomic mass is 9.75. The Labute approximate surface area is 93.0 Å². The van der Waals surface area contributed by atoms with Crippen molar-refractivity contribution in [3.8, 4) is 0 Å². The molecule has 80 valence electrons. The number of hydrogen-bond acceptors (Lipinski definition) is 0. The van der Waals surface area contributed by atoms with Crippen LogP contribution in [0.2, 0.25) is 0 Å². The van der Waals surface area contributed by atoms with E-state index in [2.05, 4.69) is 43.8 Å². The van der Waals surface area contributed by atoms with Crippen molar-refractivity contribution in [3.63, 3.8) is 0 Å². The van der Waals surface area contributed by atoms with Gasteiger partial charge in [0.2, 0.25) is 0 Å². The van der Waals surface area contributed by atoms with Crippen molar-refractivity contribution in [2.75, 3.05) is 0 Å². The van der Waals surface area contributed by atoms with Gasteiger partial charge in [-0.05, 0) is 37.2 Å². The SMILES string of the molecule is C=CC1CCCCC1c1ccc(C)cc1. The van der Waals surface area contributed by atoms with Gasteiger partial charge in [0, 0.05) is 0 Å². The fraction of sp³-hybridized carbons (Fsp3) is 0.467. The molecule has 15 heavy (non-hydrogen) atoms. The fourth-order valence-electron chi connectivity index (χ4n) is 2.67. The highest BCUT2D eigenvalue weighted by molar-refractivity contribution is 5.26. The standard InChI is InChI=1S/C15H20/c1-3-13-6-4-5-7-15(13)14-10-8-12(2)9-11-14/h3,8-11,13,15H,1,4-7H2,2H3. The summed E-state index contributed by atoms with van der Waals surface area (Å²) >= 11 is 0. The third kappa shape index (κ3) is 2.31. The summed E-state index contributed by atoms with van der Waals surface area (Å²) in [6.07, 6.45) is 7.56. The molecule has 0 radical (unpaired) electrons. The van der Waals surface area contributed by atoms with Crippen LogP contribution in [0.1, 0.15) is 42.7 Å². The molecule has 0 amide bonds. The average Bonchev–Trinajstić information content (AvgIpc) is 2.30. The molecule has 2 unspecified atom stereocenters. The Hall–Kier alpha value is -1.04. The first-order valence-electron chi connectivity index (χ1n) is 6.00. The van der Waals surface area contributed by atoms with E-state index in [1.807, 2.05) is 0 Å². The molecule has 1 fully saturated rings. The van der Waals surface area contributed by atoms with Crippen LogP contribution in [0.4, 0.5) is 0 Å². The largest absolute Gasteiger partial charge is 0.103 e. The summed E-state index contributed by atoms with van der Waals surface area (Å²) < 4.78 is 0. The maximum atomic E-state index is 3.98. The van der Waals surface area contributed by atoms with Gasteiger partial charge in [0.25, 0.3) is 0 Å². The highest BCUT2D eigenvalue weighted by Crippen LogP contribution is 2.38. The number of benzene rings is 1. The lowest BCUT2D eigenvalue weighted by Gasteiger charge is -2.29. The highest BCUT2D eigenvalue weighted by atomic mass is 14.3. The minimum Gasteiger partial charge on any atom is -0.103 e. The molecule has 1 aliphatic rings. The van der Waals surface area contributed by atoms with Crippen molar-refractivity contribution in [2.45, 2.75) is 38.5 Å². The van der Waals surface area contributed by atoms with Crippen molar-refractivity contribution in [2.24, 2.45) is 5.92 Å². The number of aryl methyl sites for hydroxylation is 1. The van der Waals surface area contributed by atoms with Crippen LogP contribution in [0, 0.1) is 12.8 Å². The molecule has 0 N–H and O–H groups in total. The van der Waals surface area contributed by atoms with Gasteiger partial charge in [-0.3, -0.25) is 0 Å². The van der Waals surface area contributed by atoms with Crippen molar-refractivity contribution in [3.05, 3.63) is 48.0 Å². The summed E-state index contributed by atoms with van der Waals surface area (Å²) in [6.45, 7) is 6.13. The van der Waals surface area contributed by atoms with Crippen LogP contribution >= 0.6 is 0 Å². The Balaban J connectivity index is 2.20. The average molecular weight is 200 g/mol. The topological polar surface area (TPSA) is 0 Å². The van der Waals surface area contributed by atoms with Crippen LogP contribution in [-0.2, 0) is 0 Å². The van der Waals surface area contributed by atoms with E-state index in [4.69, 9.17) is 0 Å². The highest BCUT2D eigenvalue weighted by Gasteiger charge is 2.23. The first kappa shape index (κ1) is 10.5. The van der Waals surface area contributed by atoms with Crippen LogP contribution in [0.3, 0.4) is 0 Å². The van der Waals surface area contributed by atoms with E-state index in [1.54, 1.807) is 0 Å². The van der Waals surface area contributed by atoms with E-state index in [0.29, 0.717) is 5.92 Å². The Bertz CT molecular complexity index is 320. The third-order valence-corrected chi connectivity index (χ3v) is 3.63. The van der Waals surface area contributed by atoms with E-state index in [-0.39, 0.29) is 0 Å². The maximum absolute atomic E-state index is 3.98. The van der Waals surface area contributed by atoms with Crippen molar-refractivity contribution >= 4 is 0 Å². The molecule has 1 aromatic carbocycles. The minimum atomic E-state index is 0.696. The van der Waals surface area contributed by atoms with Gasteiger partial charge in [-0.2, -0.15) is 0 Å². The van der Waals surface area contributed by atoms with Crippen molar-refractivity contribution in [1.29, 1.82) is 0 Å². The molecule has 0 heterocycles. The monoisotopic (exact) mass is 200 g/mol. The molecular formula is C15H20. The second-order valence-electron chi connectivity index (χ2n) is 4.70. The number of rotatable bonds is 2. The van der Waals surface area contributed by atoms with Crippen molar-refractivity contribution in [1.82, 2.24) is 0 Å². The molecule has 1 aromatic rings. The normalized spacial score (nSPS) is 26.2. The summed E-state index contributed by atoms with van der Waals surface area (Å²) in [4.78, 5) is 0. The van der Waals surface area contributed by atoms with Gasteiger partial charge in [-0.25, -0.2) is 0 Å². The quantitative estimate of drug-likeness (QED) is 0.618. The summed E-state index contributed by atoms with van der Waals surface area (Å²) in [7, 11) is 0. The Morgan fingerprint density at radius 3 is 2.47 bits per heavy atom. The zero-order valence-electron chi connectivity index (χ0n) is 9.58. The van der Waals surface area contributed by atoms with Crippen LogP contribution in [-0.4, -0.2) is 0 Å². The van der Waals surface area contributed by atoms with E-state index in [9.17, 15) is 0 Å². The van der Waals surface area contributed by atoms with Gasteiger partial charge < -0.3 is 0 Å². The van der Waals surface area contributed by atoms with Crippen molar-refractivity contribution < 1.29 is 0 Å². The molecule has 0 aliphatic heterocycles. The Kier molecular flexibility index (Phi) is 3.25. The van der Waals surface area contributed by atoms with E-state index in [1.165, 1.54) is 36.8 Å². The molecule has 2 rings (SSSR count). The van der Waals surface area contributed by atoms with Gasteiger partial charge in [0.15, 0.2) is 0 Å². The van der Waals surface area contributed by atoms with E-state index < -0.39 is 0 Å². The van der Waals surface area contributed by atoms with E-state index in [0.717, 1.165) is 5.92 Å². The lowest BCUT2D eigenvalue weighted by molar-refractivity contribution is 0.362. The Morgan fingerprint density at radius 2 is 1.80 bits per heavy atom. The second kappa shape index (κ2) is 4.65. The van der Waals surface area contributed by atoms with Gasteiger partial charge >= 0.3 is 0 Å². The zero-order chi connectivity index (χ0) is 10.7. The molecule has 2 atom stereocenters. The molecule has 0 bridgehead atoms. The summed E-state index contributed by atoms with van der Waals surface area (Å²) in [5.41, 5.74) is 2.86. The first-order chi connectivity index (χ1) is 7.31. The molecule has 0 spiro atoms. The molecule has 0 aromatic heterocycles. The predicted octanol–water partition coefficient (Wildman–Crippen LogP) is 4.45. The molecule has 0 nitrogen and oxygen atoms in total. The molecular weight excluding hydrogens is 180 g/mol. The Morgan fingerprint density at radius 1 is 1.13 bits per heavy atom.